The van der Waals surface area contributed by atoms with E-state index in [1.165, 1.54) is 10.0 Å². The molecule has 0 aliphatic heterocycles. The van der Waals surface area contributed by atoms with Crippen molar-refractivity contribution in [3.8, 4) is 0 Å². The number of nitrogens with one attached hydrogen (secondary N) is 1. The Labute approximate surface area is 95.0 Å². The van der Waals surface area contributed by atoms with E-state index in [2.05, 4.69) is 60.2 Å². The van der Waals surface area contributed by atoms with Crippen LogP contribution in [0.4, 0.5) is 0 Å². The van der Waals surface area contributed by atoms with Crippen molar-refractivity contribution in [1.82, 2.24) is 5.32 Å². The van der Waals surface area contributed by atoms with Crippen molar-refractivity contribution in [1.29, 1.82) is 0 Å². The van der Waals surface area contributed by atoms with Gasteiger partial charge in [0, 0.05) is 10.5 Å². The Morgan fingerprint density at radius 2 is 1.79 bits per heavy atom. The zero-order chi connectivity index (χ0) is 10.8. The average molecular weight is 256 g/mol. The summed E-state index contributed by atoms with van der Waals surface area (Å²) in [6.45, 7) is 6.73. The maximum absolute atomic E-state index is 3.59. The fourth-order valence-electron chi connectivity index (χ4n) is 1.76. The Morgan fingerprint density at radius 3 is 2.21 bits per heavy atom. The lowest BCUT2D eigenvalue weighted by Crippen LogP contribution is -2.29. The highest BCUT2D eigenvalue weighted by Crippen LogP contribution is 2.35. The summed E-state index contributed by atoms with van der Waals surface area (Å²) in [5.74, 6) is 0. The molecule has 1 nitrogen and oxygen atoms in total. The topological polar surface area (TPSA) is 12.0 Å². The molecule has 1 rings (SSSR count). The normalized spacial score (nSPS) is 14.1. The predicted octanol–water partition coefficient (Wildman–Crippen LogP) is 3.76. The molecule has 0 aliphatic carbocycles. The van der Waals surface area contributed by atoms with Gasteiger partial charge in [0.05, 0.1) is 0 Å². The van der Waals surface area contributed by atoms with Crippen LogP contribution in [-0.2, 0) is 0 Å². The van der Waals surface area contributed by atoms with E-state index in [4.69, 9.17) is 0 Å². The Kier molecular flexibility index (Phi) is 3.73. The quantitative estimate of drug-likeness (QED) is 0.849. The van der Waals surface area contributed by atoms with Crippen molar-refractivity contribution in [2.75, 3.05) is 7.05 Å². The third-order valence-electron chi connectivity index (χ3n) is 2.37. The highest BCUT2D eigenvalue weighted by molar-refractivity contribution is 9.10. The van der Waals surface area contributed by atoms with Gasteiger partial charge in [-0.3, -0.25) is 0 Å². The van der Waals surface area contributed by atoms with Gasteiger partial charge in [0.2, 0.25) is 0 Å². The van der Waals surface area contributed by atoms with Crippen molar-refractivity contribution in [3.05, 3.63) is 34.3 Å². The van der Waals surface area contributed by atoms with Gasteiger partial charge in [-0.15, -0.1) is 0 Å². The summed E-state index contributed by atoms with van der Waals surface area (Å²) in [5.41, 5.74) is 1.54. The monoisotopic (exact) mass is 255 g/mol. The highest BCUT2D eigenvalue weighted by Gasteiger charge is 2.25. The minimum atomic E-state index is 0.221. The first-order chi connectivity index (χ1) is 6.46. The van der Waals surface area contributed by atoms with Crippen molar-refractivity contribution in [3.63, 3.8) is 0 Å². The lowest BCUT2D eigenvalue weighted by molar-refractivity contribution is 0.286. The van der Waals surface area contributed by atoms with E-state index in [1.807, 2.05) is 13.1 Å². The molecule has 1 unspecified atom stereocenters. The minimum Gasteiger partial charge on any atom is -0.313 e. The first-order valence-corrected chi connectivity index (χ1v) is 5.68. The molecule has 1 atom stereocenters. The standard InChI is InChI=1S/C12H18BrN/c1-12(2,3)11(14-4)9-7-5-6-8-10(9)13/h5-8,11,14H,1-4H3. The maximum Gasteiger partial charge on any atom is 0.0378 e. The zero-order valence-electron chi connectivity index (χ0n) is 9.26. The summed E-state index contributed by atoms with van der Waals surface area (Å²) in [4.78, 5) is 0. The van der Waals surface area contributed by atoms with E-state index < -0.39 is 0 Å². The summed E-state index contributed by atoms with van der Waals surface area (Å²) < 4.78 is 1.18. The molecule has 0 aromatic heterocycles. The van der Waals surface area contributed by atoms with Crippen LogP contribution < -0.4 is 5.32 Å². The number of hydrogen-bond acceptors (Lipinski definition) is 1. The van der Waals surface area contributed by atoms with Gasteiger partial charge in [-0.2, -0.15) is 0 Å². The Balaban J connectivity index is 3.08. The molecule has 0 radical (unpaired) electrons. The summed E-state index contributed by atoms with van der Waals surface area (Å²) in [6, 6.07) is 8.75. The van der Waals surface area contributed by atoms with Gasteiger partial charge in [0.15, 0.2) is 0 Å². The largest absolute Gasteiger partial charge is 0.313 e. The van der Waals surface area contributed by atoms with E-state index in [1.54, 1.807) is 0 Å². The minimum absolute atomic E-state index is 0.221. The van der Waals surface area contributed by atoms with Crippen LogP contribution in [-0.4, -0.2) is 7.05 Å². The number of hydrogen-bond donors (Lipinski definition) is 1. The van der Waals surface area contributed by atoms with Gasteiger partial charge in [-0.05, 0) is 24.1 Å². The Morgan fingerprint density at radius 1 is 1.21 bits per heavy atom. The summed E-state index contributed by atoms with van der Waals surface area (Å²) >= 11 is 3.59. The van der Waals surface area contributed by atoms with Gasteiger partial charge < -0.3 is 5.32 Å². The Hall–Kier alpha value is -0.340. The fourth-order valence-corrected chi connectivity index (χ4v) is 2.28. The average Bonchev–Trinajstić information content (AvgIpc) is 2.07. The van der Waals surface area contributed by atoms with Crippen LogP contribution in [0.25, 0.3) is 0 Å². The molecule has 0 saturated heterocycles. The van der Waals surface area contributed by atoms with E-state index in [9.17, 15) is 0 Å². The fraction of sp³-hybridized carbons (Fsp3) is 0.500. The van der Waals surface area contributed by atoms with E-state index in [0.717, 1.165) is 0 Å². The molecule has 0 aliphatic rings. The van der Waals surface area contributed by atoms with Gasteiger partial charge in [0.25, 0.3) is 0 Å². The first kappa shape index (κ1) is 11.7. The summed E-state index contributed by atoms with van der Waals surface area (Å²) in [5, 5.41) is 3.37. The van der Waals surface area contributed by atoms with Crippen LogP contribution in [0, 0.1) is 5.41 Å². The van der Waals surface area contributed by atoms with Crippen LogP contribution in [0.3, 0.4) is 0 Å². The van der Waals surface area contributed by atoms with Crippen LogP contribution in [0.1, 0.15) is 32.4 Å². The number of rotatable bonds is 2. The van der Waals surface area contributed by atoms with Gasteiger partial charge in [-0.25, -0.2) is 0 Å². The molecule has 0 spiro atoms. The first-order valence-electron chi connectivity index (χ1n) is 4.88. The Bertz CT molecular complexity index is 301. The molecule has 78 valence electrons. The molecule has 1 aromatic rings. The van der Waals surface area contributed by atoms with Crippen LogP contribution in [0.2, 0.25) is 0 Å². The molecule has 0 heterocycles. The van der Waals surface area contributed by atoms with Crippen molar-refractivity contribution in [2.45, 2.75) is 26.8 Å². The van der Waals surface area contributed by atoms with Gasteiger partial charge in [-0.1, -0.05) is 54.9 Å². The summed E-state index contributed by atoms with van der Waals surface area (Å²) in [7, 11) is 2.01. The molecular weight excluding hydrogens is 238 g/mol. The molecule has 1 aromatic carbocycles. The SMILES string of the molecule is CNC(c1ccccc1Br)C(C)(C)C. The van der Waals surface area contributed by atoms with Crippen LogP contribution in [0.5, 0.6) is 0 Å². The summed E-state index contributed by atoms with van der Waals surface area (Å²) in [6.07, 6.45) is 0. The molecule has 1 N–H and O–H groups in total. The lowest BCUT2D eigenvalue weighted by atomic mass is 9.82. The van der Waals surface area contributed by atoms with Crippen molar-refractivity contribution in [2.24, 2.45) is 5.41 Å². The smallest absolute Gasteiger partial charge is 0.0378 e. The number of halogens is 1. The lowest BCUT2D eigenvalue weighted by Gasteiger charge is -2.31. The van der Waals surface area contributed by atoms with Crippen molar-refractivity contribution >= 4 is 15.9 Å². The molecule has 0 amide bonds. The third kappa shape index (κ3) is 2.58. The maximum atomic E-state index is 3.59. The van der Waals surface area contributed by atoms with E-state index in [-0.39, 0.29) is 5.41 Å². The second-order valence-electron chi connectivity index (χ2n) is 4.61. The van der Waals surface area contributed by atoms with Crippen LogP contribution >= 0.6 is 15.9 Å². The van der Waals surface area contributed by atoms with Crippen LogP contribution in [0.15, 0.2) is 28.7 Å². The van der Waals surface area contributed by atoms with Crippen molar-refractivity contribution < 1.29 is 0 Å². The van der Waals surface area contributed by atoms with Gasteiger partial charge in [0.1, 0.15) is 0 Å². The molecule has 2 heteroatoms. The molecule has 14 heavy (non-hydrogen) atoms. The van der Waals surface area contributed by atoms with Gasteiger partial charge >= 0.3 is 0 Å². The second kappa shape index (κ2) is 4.45. The third-order valence-corrected chi connectivity index (χ3v) is 3.09. The highest BCUT2D eigenvalue weighted by atomic mass is 79.9. The van der Waals surface area contributed by atoms with E-state index >= 15 is 0 Å². The molecule has 0 saturated carbocycles. The number of benzene rings is 1. The second-order valence-corrected chi connectivity index (χ2v) is 5.46. The molecule has 0 fully saturated rings. The predicted molar refractivity (Wildman–Crippen MR) is 65.4 cm³/mol. The zero-order valence-corrected chi connectivity index (χ0v) is 10.9. The molecule has 0 bridgehead atoms. The van der Waals surface area contributed by atoms with E-state index in [0.29, 0.717) is 6.04 Å². The molecular formula is C12H18BrN.